The second kappa shape index (κ2) is 7.42. The second-order valence-corrected chi connectivity index (χ2v) is 6.19. The molecule has 0 radical (unpaired) electrons. The lowest BCUT2D eigenvalue weighted by Gasteiger charge is -2.09. The van der Waals surface area contributed by atoms with Crippen LogP contribution in [0.3, 0.4) is 0 Å². The number of rotatable bonds is 6. The van der Waals surface area contributed by atoms with Crippen LogP contribution in [0.15, 0.2) is 82.0 Å². The highest BCUT2D eigenvalue weighted by molar-refractivity contribution is 6.06. The molecule has 0 amide bonds. The van der Waals surface area contributed by atoms with Crippen LogP contribution in [0.4, 0.5) is 0 Å². The predicted molar refractivity (Wildman–Crippen MR) is 102 cm³/mol. The molecule has 130 valence electrons. The average molecular weight is 346 g/mol. The summed E-state index contributed by atoms with van der Waals surface area (Å²) in [5.41, 5.74) is 1.32. The van der Waals surface area contributed by atoms with Crippen LogP contribution in [0, 0.1) is 0 Å². The molecule has 0 aliphatic carbocycles. The number of benzene rings is 3. The molecule has 1 heterocycles. The molecule has 0 bridgehead atoms. The van der Waals surface area contributed by atoms with Crippen molar-refractivity contribution in [1.82, 2.24) is 0 Å². The largest absolute Gasteiger partial charge is 0.488 e. The molecule has 0 atom stereocenters. The number of fused-ring (bicyclic) bond motifs is 3. The Morgan fingerprint density at radius 2 is 1.73 bits per heavy atom. The zero-order valence-corrected chi connectivity index (χ0v) is 14.4. The summed E-state index contributed by atoms with van der Waals surface area (Å²) in [6.45, 7) is 2.12. The van der Waals surface area contributed by atoms with Crippen LogP contribution in [0.2, 0.25) is 0 Å². The van der Waals surface area contributed by atoms with Crippen molar-refractivity contribution in [1.29, 1.82) is 0 Å². The van der Waals surface area contributed by atoms with Gasteiger partial charge in [-0.25, -0.2) is 4.79 Å². The minimum absolute atomic E-state index is 0.309. The monoisotopic (exact) mass is 346 g/mol. The van der Waals surface area contributed by atoms with Crippen LogP contribution < -0.4 is 15.7 Å². The maximum absolute atomic E-state index is 11.9. The Bertz CT molecular complexity index is 1090. The van der Waals surface area contributed by atoms with Crippen molar-refractivity contribution in [3.63, 3.8) is 0 Å². The van der Waals surface area contributed by atoms with E-state index in [1.165, 1.54) is 0 Å². The fourth-order valence-corrected chi connectivity index (χ4v) is 3.22. The lowest BCUT2D eigenvalue weighted by atomic mass is 10.0. The number of hydrogen-bond acceptors (Lipinski definition) is 3. The molecule has 0 spiro atoms. The van der Waals surface area contributed by atoms with Gasteiger partial charge in [0.15, 0.2) is 0 Å². The smallest absolute Gasteiger partial charge is 0.336 e. The van der Waals surface area contributed by atoms with E-state index in [-0.39, 0.29) is 5.63 Å². The summed E-state index contributed by atoms with van der Waals surface area (Å²) in [7, 11) is 0. The van der Waals surface area contributed by atoms with Gasteiger partial charge in [0.25, 0.3) is 0 Å². The Hall–Kier alpha value is -3.11. The molecule has 4 nitrogen and oxygen atoms in total. The number of ether oxygens (including phenoxy) is 1. The van der Waals surface area contributed by atoms with E-state index in [0.717, 1.165) is 34.0 Å². The van der Waals surface area contributed by atoms with Crippen LogP contribution in [0.1, 0.15) is 5.56 Å². The molecule has 0 aliphatic rings. The molecule has 2 N–H and O–H groups in total. The maximum atomic E-state index is 11.9. The van der Waals surface area contributed by atoms with E-state index in [4.69, 9.17) is 9.15 Å². The van der Waals surface area contributed by atoms with Gasteiger partial charge in [-0.2, -0.15) is 0 Å². The minimum Gasteiger partial charge on any atom is -0.488 e. The highest BCUT2D eigenvalue weighted by atomic mass is 16.5. The normalized spacial score (nSPS) is 11.1. The van der Waals surface area contributed by atoms with E-state index in [2.05, 4.69) is 17.4 Å². The van der Waals surface area contributed by atoms with Gasteiger partial charge in [-0.3, -0.25) is 0 Å². The Balaban J connectivity index is 1.52. The SMILES string of the molecule is O=c1cc(C[NH2+]CCOc2ccccc2)c2c(ccc3ccccc32)o1. The summed E-state index contributed by atoms with van der Waals surface area (Å²) in [4.78, 5) is 11.9. The summed E-state index contributed by atoms with van der Waals surface area (Å²) in [6, 6.07) is 23.4. The number of nitrogens with two attached hydrogens (primary N) is 1. The van der Waals surface area contributed by atoms with E-state index in [0.29, 0.717) is 18.7 Å². The quantitative estimate of drug-likeness (QED) is 0.332. The van der Waals surface area contributed by atoms with Gasteiger partial charge in [0.05, 0.1) is 0 Å². The predicted octanol–water partition coefficient (Wildman–Crippen LogP) is 3.09. The van der Waals surface area contributed by atoms with Crippen molar-refractivity contribution in [2.45, 2.75) is 6.54 Å². The Morgan fingerprint density at radius 1 is 0.923 bits per heavy atom. The highest BCUT2D eigenvalue weighted by Crippen LogP contribution is 2.26. The van der Waals surface area contributed by atoms with Crippen LogP contribution in [0.25, 0.3) is 21.7 Å². The summed E-state index contributed by atoms with van der Waals surface area (Å²) in [5, 5.41) is 5.42. The number of quaternary nitrogens is 1. The first-order valence-corrected chi connectivity index (χ1v) is 8.75. The molecule has 0 aliphatic heterocycles. The fraction of sp³-hybridized carbons (Fsp3) is 0.136. The van der Waals surface area contributed by atoms with Gasteiger partial charge in [0.1, 0.15) is 31.0 Å². The second-order valence-electron chi connectivity index (χ2n) is 6.19. The van der Waals surface area contributed by atoms with Crippen molar-refractivity contribution >= 4 is 21.7 Å². The lowest BCUT2D eigenvalue weighted by Crippen LogP contribution is -2.83. The van der Waals surface area contributed by atoms with Gasteiger partial charge in [0, 0.05) is 17.0 Å². The summed E-state index contributed by atoms with van der Waals surface area (Å²) in [6.07, 6.45) is 0. The molecule has 0 saturated carbocycles. The summed E-state index contributed by atoms with van der Waals surface area (Å²) >= 11 is 0. The number of hydrogen-bond donors (Lipinski definition) is 1. The fourth-order valence-electron chi connectivity index (χ4n) is 3.22. The van der Waals surface area contributed by atoms with E-state index < -0.39 is 0 Å². The van der Waals surface area contributed by atoms with Crippen molar-refractivity contribution in [3.8, 4) is 5.75 Å². The van der Waals surface area contributed by atoms with Crippen LogP contribution >= 0.6 is 0 Å². The topological polar surface area (TPSA) is 56.0 Å². The molecule has 0 unspecified atom stereocenters. The van der Waals surface area contributed by atoms with Gasteiger partial charge >= 0.3 is 5.63 Å². The van der Waals surface area contributed by atoms with Crippen LogP contribution in [0.5, 0.6) is 5.75 Å². The van der Waals surface area contributed by atoms with Crippen LogP contribution in [-0.4, -0.2) is 13.2 Å². The lowest BCUT2D eigenvalue weighted by molar-refractivity contribution is -0.670. The van der Waals surface area contributed by atoms with Gasteiger partial charge < -0.3 is 14.5 Å². The van der Waals surface area contributed by atoms with Gasteiger partial charge in [0.2, 0.25) is 0 Å². The zero-order valence-electron chi connectivity index (χ0n) is 14.4. The standard InChI is InChI=1S/C22H19NO3/c24-21-14-17(15-23-12-13-25-18-7-2-1-3-8-18)22-19-9-5-4-6-16(19)10-11-20(22)26-21/h1-11,14,23H,12-13,15H2/p+1. The summed E-state index contributed by atoms with van der Waals surface area (Å²) in [5.74, 6) is 0.873. The van der Waals surface area contributed by atoms with E-state index in [1.54, 1.807) is 6.07 Å². The number of para-hydroxylation sites is 1. The first-order valence-electron chi connectivity index (χ1n) is 8.75. The van der Waals surface area contributed by atoms with Crippen molar-refractivity contribution in [2.24, 2.45) is 0 Å². The molecule has 4 aromatic rings. The molecule has 1 aromatic heterocycles. The molecular weight excluding hydrogens is 326 g/mol. The van der Waals surface area contributed by atoms with Gasteiger partial charge in [-0.05, 0) is 29.0 Å². The summed E-state index contributed by atoms with van der Waals surface area (Å²) < 4.78 is 11.1. The zero-order chi connectivity index (χ0) is 17.8. The highest BCUT2D eigenvalue weighted by Gasteiger charge is 2.10. The van der Waals surface area contributed by atoms with E-state index in [1.807, 2.05) is 54.6 Å². The molecule has 4 heteroatoms. The van der Waals surface area contributed by atoms with Gasteiger partial charge in [-0.15, -0.1) is 0 Å². The molecule has 0 saturated heterocycles. The Kier molecular flexibility index (Phi) is 4.67. The minimum atomic E-state index is -0.309. The van der Waals surface area contributed by atoms with Crippen molar-refractivity contribution < 1.29 is 14.5 Å². The molecule has 26 heavy (non-hydrogen) atoms. The third-order valence-corrected chi connectivity index (χ3v) is 4.41. The molecule has 0 fully saturated rings. The third-order valence-electron chi connectivity index (χ3n) is 4.41. The van der Waals surface area contributed by atoms with E-state index >= 15 is 0 Å². The van der Waals surface area contributed by atoms with Gasteiger partial charge in [-0.1, -0.05) is 48.5 Å². The first kappa shape index (κ1) is 16.4. The molecular formula is C22H20NO3+. The molecule has 4 rings (SSSR count). The molecule has 3 aromatic carbocycles. The van der Waals surface area contributed by atoms with Crippen molar-refractivity contribution in [3.05, 3.63) is 88.8 Å². The Morgan fingerprint density at radius 3 is 2.62 bits per heavy atom. The van der Waals surface area contributed by atoms with Crippen LogP contribution in [-0.2, 0) is 6.54 Å². The first-order chi connectivity index (χ1) is 12.8. The Labute approximate surface area is 151 Å². The van der Waals surface area contributed by atoms with E-state index in [9.17, 15) is 4.79 Å². The third kappa shape index (κ3) is 3.46. The average Bonchev–Trinajstić information content (AvgIpc) is 2.68. The maximum Gasteiger partial charge on any atom is 0.336 e. The van der Waals surface area contributed by atoms with Crippen molar-refractivity contribution in [2.75, 3.05) is 13.2 Å².